The first kappa shape index (κ1) is 24.3. The number of carbonyl (C=O) groups excluding carboxylic acids is 1. The Morgan fingerprint density at radius 3 is 1.53 bits per heavy atom. The van der Waals surface area contributed by atoms with E-state index in [4.69, 9.17) is 17.3 Å². The standard InChI is InChI=1S/C7H4ClNO3.C7H7NO2.C7H9N/c8-7(10)5-3-1-2-4-6(5)9(11)12;1-6-4-2-3-5-7(6)8(9)10;1-6-4-2-3-5-7(6)8/h1-4H;2-5H,1H3;2-5H,8H2,1H3. The molecular formula is C21H20ClN3O5. The van der Waals surface area contributed by atoms with Crippen LogP contribution >= 0.6 is 11.6 Å². The van der Waals surface area contributed by atoms with Crippen molar-refractivity contribution < 1.29 is 14.6 Å². The number of rotatable bonds is 3. The predicted octanol–water partition coefficient (Wildman–Crippen LogP) is 5.45. The number of anilines is 1. The maximum Gasteiger partial charge on any atom is 0.281 e. The van der Waals surface area contributed by atoms with Crippen molar-refractivity contribution in [2.75, 3.05) is 5.73 Å². The molecule has 0 heterocycles. The Hall–Kier alpha value is -3.78. The van der Waals surface area contributed by atoms with Gasteiger partial charge in [0.25, 0.3) is 16.6 Å². The highest BCUT2D eigenvalue weighted by Gasteiger charge is 2.16. The SMILES string of the molecule is Cc1ccccc1N.Cc1ccccc1[N+](=O)[O-].O=C(Cl)c1ccccc1[N+](=O)[O-]. The summed E-state index contributed by atoms with van der Waals surface area (Å²) < 4.78 is 0. The van der Waals surface area contributed by atoms with Crippen LogP contribution in [0.15, 0.2) is 72.8 Å². The van der Waals surface area contributed by atoms with Gasteiger partial charge < -0.3 is 5.73 Å². The molecule has 0 spiro atoms. The van der Waals surface area contributed by atoms with E-state index in [2.05, 4.69) is 0 Å². The maximum absolute atomic E-state index is 10.6. The van der Waals surface area contributed by atoms with E-state index in [1.54, 1.807) is 25.1 Å². The van der Waals surface area contributed by atoms with Crippen LogP contribution < -0.4 is 5.73 Å². The Kier molecular flexibility index (Phi) is 9.64. The number of nitrogen functional groups attached to an aromatic ring is 1. The molecule has 0 aliphatic heterocycles. The van der Waals surface area contributed by atoms with Crippen LogP contribution in [0.4, 0.5) is 17.1 Å². The van der Waals surface area contributed by atoms with E-state index in [0.29, 0.717) is 5.56 Å². The fraction of sp³-hybridized carbons (Fsp3) is 0.0952. The molecule has 9 heteroatoms. The van der Waals surface area contributed by atoms with Gasteiger partial charge in [-0.25, -0.2) is 0 Å². The van der Waals surface area contributed by atoms with Crippen molar-refractivity contribution in [2.24, 2.45) is 0 Å². The summed E-state index contributed by atoms with van der Waals surface area (Å²) in [6.07, 6.45) is 0. The van der Waals surface area contributed by atoms with Crippen LogP contribution in [0.5, 0.6) is 0 Å². The number of halogens is 1. The summed E-state index contributed by atoms with van der Waals surface area (Å²) in [5.74, 6) is 0. The fourth-order valence-corrected chi connectivity index (χ4v) is 2.31. The third-order valence-electron chi connectivity index (χ3n) is 3.81. The Morgan fingerprint density at radius 1 is 0.767 bits per heavy atom. The zero-order valence-electron chi connectivity index (χ0n) is 16.3. The minimum atomic E-state index is -0.817. The van der Waals surface area contributed by atoms with E-state index in [0.717, 1.165) is 11.3 Å². The number of nitro groups is 2. The van der Waals surface area contributed by atoms with Crippen LogP contribution in [0.2, 0.25) is 0 Å². The molecule has 0 saturated heterocycles. The van der Waals surface area contributed by atoms with Crippen molar-refractivity contribution in [3.8, 4) is 0 Å². The number of nitrogens with zero attached hydrogens (tertiary/aromatic N) is 2. The summed E-state index contributed by atoms with van der Waals surface area (Å²) in [7, 11) is 0. The van der Waals surface area contributed by atoms with Crippen LogP contribution in [0.1, 0.15) is 21.5 Å². The second kappa shape index (κ2) is 11.9. The van der Waals surface area contributed by atoms with E-state index < -0.39 is 10.2 Å². The Balaban J connectivity index is 0.000000230. The van der Waals surface area contributed by atoms with Gasteiger partial charge in [0.05, 0.1) is 9.85 Å². The number of hydrogen-bond donors (Lipinski definition) is 1. The minimum Gasteiger partial charge on any atom is -0.399 e. The zero-order chi connectivity index (χ0) is 22.7. The second-order valence-electron chi connectivity index (χ2n) is 5.95. The minimum absolute atomic E-state index is 0.0795. The predicted molar refractivity (Wildman–Crippen MR) is 117 cm³/mol. The number of benzene rings is 3. The molecule has 0 radical (unpaired) electrons. The lowest BCUT2D eigenvalue weighted by Gasteiger charge is -1.94. The first-order valence-corrected chi connectivity index (χ1v) is 8.97. The Labute approximate surface area is 178 Å². The number of nitro benzene ring substituents is 2. The molecular weight excluding hydrogens is 410 g/mol. The molecule has 0 amide bonds. The van der Waals surface area contributed by atoms with Crippen LogP contribution in [-0.2, 0) is 0 Å². The van der Waals surface area contributed by atoms with Gasteiger partial charge in [0, 0.05) is 23.4 Å². The van der Waals surface area contributed by atoms with Crippen molar-refractivity contribution in [2.45, 2.75) is 13.8 Å². The molecule has 156 valence electrons. The van der Waals surface area contributed by atoms with Gasteiger partial charge in [-0.15, -0.1) is 0 Å². The number of hydrogen-bond acceptors (Lipinski definition) is 6. The molecule has 8 nitrogen and oxygen atoms in total. The maximum atomic E-state index is 10.6. The molecule has 0 aromatic heterocycles. The number of nitrogens with two attached hydrogens (primary N) is 1. The third kappa shape index (κ3) is 7.69. The highest BCUT2D eigenvalue weighted by molar-refractivity contribution is 6.68. The quantitative estimate of drug-likeness (QED) is 0.255. The summed E-state index contributed by atoms with van der Waals surface area (Å²) in [4.78, 5) is 30.2. The molecule has 0 saturated carbocycles. The Morgan fingerprint density at radius 2 is 1.20 bits per heavy atom. The monoisotopic (exact) mass is 429 g/mol. The Bertz CT molecular complexity index is 986. The topological polar surface area (TPSA) is 129 Å². The van der Waals surface area contributed by atoms with Gasteiger partial charge in [-0.1, -0.05) is 48.5 Å². The number of para-hydroxylation sites is 3. The lowest BCUT2D eigenvalue weighted by Crippen LogP contribution is -1.97. The highest BCUT2D eigenvalue weighted by Crippen LogP contribution is 2.19. The summed E-state index contributed by atoms with van der Waals surface area (Å²) >= 11 is 5.11. The van der Waals surface area contributed by atoms with Crippen LogP contribution in [0.25, 0.3) is 0 Å². The first-order valence-electron chi connectivity index (χ1n) is 8.59. The van der Waals surface area contributed by atoms with Gasteiger partial charge in [0.2, 0.25) is 0 Å². The molecule has 0 atom stereocenters. The molecule has 3 aromatic carbocycles. The van der Waals surface area contributed by atoms with Gasteiger partial charge in [-0.3, -0.25) is 25.0 Å². The highest BCUT2D eigenvalue weighted by atomic mass is 35.5. The number of carbonyl (C=O) groups is 1. The average molecular weight is 430 g/mol. The van der Waals surface area contributed by atoms with Crippen molar-refractivity contribution in [3.63, 3.8) is 0 Å². The summed E-state index contributed by atoms with van der Waals surface area (Å²) in [6, 6.07) is 20.0. The molecule has 0 fully saturated rings. The van der Waals surface area contributed by atoms with Crippen molar-refractivity contribution in [1.82, 2.24) is 0 Å². The average Bonchev–Trinajstić information content (AvgIpc) is 2.71. The van der Waals surface area contributed by atoms with Crippen LogP contribution in [0.3, 0.4) is 0 Å². The first-order chi connectivity index (χ1) is 14.1. The van der Waals surface area contributed by atoms with Gasteiger partial charge >= 0.3 is 0 Å². The zero-order valence-corrected chi connectivity index (χ0v) is 17.1. The lowest BCUT2D eigenvalue weighted by atomic mass is 10.2. The molecule has 0 bridgehead atoms. The third-order valence-corrected chi connectivity index (χ3v) is 4.02. The largest absolute Gasteiger partial charge is 0.399 e. The molecule has 0 aliphatic rings. The van der Waals surface area contributed by atoms with E-state index in [1.165, 1.54) is 30.3 Å². The lowest BCUT2D eigenvalue weighted by molar-refractivity contribution is -0.385. The van der Waals surface area contributed by atoms with Gasteiger partial charge in [-0.2, -0.15) is 0 Å². The van der Waals surface area contributed by atoms with E-state index in [1.807, 2.05) is 31.2 Å². The van der Waals surface area contributed by atoms with Gasteiger partial charge in [-0.05, 0) is 43.1 Å². The summed E-state index contributed by atoms with van der Waals surface area (Å²) in [5, 5.41) is 19.7. The van der Waals surface area contributed by atoms with Crippen molar-refractivity contribution >= 4 is 33.9 Å². The molecule has 3 aromatic rings. The molecule has 3 rings (SSSR count). The molecule has 0 aliphatic carbocycles. The molecule has 0 unspecified atom stereocenters. The smallest absolute Gasteiger partial charge is 0.281 e. The van der Waals surface area contributed by atoms with E-state index in [9.17, 15) is 25.0 Å². The van der Waals surface area contributed by atoms with Crippen LogP contribution in [0, 0.1) is 34.1 Å². The fourth-order valence-electron chi connectivity index (χ4n) is 2.15. The molecule has 2 N–H and O–H groups in total. The van der Waals surface area contributed by atoms with E-state index >= 15 is 0 Å². The molecule has 30 heavy (non-hydrogen) atoms. The van der Waals surface area contributed by atoms with Crippen molar-refractivity contribution in [3.05, 3.63) is 110 Å². The van der Waals surface area contributed by atoms with Crippen LogP contribution in [-0.4, -0.2) is 15.1 Å². The second-order valence-corrected chi connectivity index (χ2v) is 6.29. The van der Waals surface area contributed by atoms with Gasteiger partial charge in [0.1, 0.15) is 5.56 Å². The summed E-state index contributed by atoms with van der Waals surface area (Å²) in [6.45, 7) is 3.72. The summed E-state index contributed by atoms with van der Waals surface area (Å²) in [5.41, 5.74) is 8.07. The normalized spacial score (nSPS) is 9.30. The van der Waals surface area contributed by atoms with E-state index in [-0.39, 0.29) is 21.9 Å². The van der Waals surface area contributed by atoms with Gasteiger partial charge in [0.15, 0.2) is 0 Å². The van der Waals surface area contributed by atoms with Crippen molar-refractivity contribution in [1.29, 1.82) is 0 Å². The number of aryl methyl sites for hydroxylation is 2.